The Kier molecular flexibility index (Phi) is 5.12. The summed E-state index contributed by atoms with van der Waals surface area (Å²) in [5.41, 5.74) is 0.860. The monoisotopic (exact) mass is 315 g/mol. The Labute approximate surface area is 126 Å². The van der Waals surface area contributed by atoms with Crippen LogP contribution in [0.4, 0.5) is 8.78 Å². The summed E-state index contributed by atoms with van der Waals surface area (Å²) in [5, 5.41) is 3.96. The molecule has 0 fully saturated rings. The van der Waals surface area contributed by atoms with Crippen LogP contribution in [-0.4, -0.2) is 27.3 Å². The number of rotatable bonds is 6. The quantitative estimate of drug-likeness (QED) is 0.754. The van der Waals surface area contributed by atoms with Crippen LogP contribution in [0, 0.1) is 0 Å². The largest absolute Gasteiger partial charge is 0.477 e. The van der Waals surface area contributed by atoms with Crippen molar-refractivity contribution >= 4 is 11.6 Å². The zero-order valence-corrected chi connectivity index (χ0v) is 12.5. The van der Waals surface area contributed by atoms with Crippen molar-refractivity contribution in [2.24, 2.45) is 0 Å². The molecule has 0 amide bonds. The molecule has 0 aromatic carbocycles. The number of halogens is 3. The minimum atomic E-state index is -2.64. The molecule has 4 nitrogen and oxygen atoms in total. The summed E-state index contributed by atoms with van der Waals surface area (Å²) < 4.78 is 32.8. The topological polar surface area (TPSA) is 39.9 Å². The predicted octanol–water partition coefficient (Wildman–Crippen LogP) is 4.08. The predicted molar refractivity (Wildman–Crippen MR) is 77.0 cm³/mol. The second-order valence-electron chi connectivity index (χ2n) is 4.49. The van der Waals surface area contributed by atoms with E-state index >= 15 is 0 Å². The Morgan fingerprint density at radius 1 is 1.43 bits per heavy atom. The molecule has 0 aliphatic heterocycles. The number of pyridine rings is 1. The maximum absolute atomic E-state index is 12.9. The SMILES string of the molecule is CCOc1ncccc1-c1cc(C(F)F)nn1C(C)CCl. The number of aromatic nitrogens is 3. The van der Waals surface area contributed by atoms with E-state index in [1.165, 1.54) is 10.7 Å². The van der Waals surface area contributed by atoms with Crippen LogP contribution in [-0.2, 0) is 0 Å². The number of hydrogen-bond acceptors (Lipinski definition) is 3. The van der Waals surface area contributed by atoms with E-state index < -0.39 is 6.43 Å². The Bertz CT molecular complexity index is 604. The van der Waals surface area contributed by atoms with Crippen LogP contribution in [0.25, 0.3) is 11.3 Å². The summed E-state index contributed by atoms with van der Waals surface area (Å²) in [6, 6.07) is 4.63. The van der Waals surface area contributed by atoms with Crippen LogP contribution >= 0.6 is 11.6 Å². The van der Waals surface area contributed by atoms with Gasteiger partial charge in [-0.2, -0.15) is 5.10 Å². The molecule has 0 N–H and O–H groups in total. The first-order chi connectivity index (χ1) is 10.1. The van der Waals surface area contributed by atoms with Crippen molar-refractivity contribution in [3.63, 3.8) is 0 Å². The second kappa shape index (κ2) is 6.85. The van der Waals surface area contributed by atoms with Gasteiger partial charge in [0.15, 0.2) is 0 Å². The van der Waals surface area contributed by atoms with E-state index in [0.717, 1.165) is 0 Å². The molecule has 2 rings (SSSR count). The Balaban J connectivity index is 2.56. The van der Waals surface area contributed by atoms with E-state index in [4.69, 9.17) is 16.3 Å². The first-order valence-electron chi connectivity index (χ1n) is 6.60. The first kappa shape index (κ1) is 15.7. The van der Waals surface area contributed by atoms with E-state index in [-0.39, 0.29) is 17.6 Å². The van der Waals surface area contributed by atoms with Crippen LogP contribution in [0.15, 0.2) is 24.4 Å². The van der Waals surface area contributed by atoms with Crippen molar-refractivity contribution in [3.8, 4) is 17.1 Å². The molecule has 2 heterocycles. The fraction of sp³-hybridized carbons (Fsp3) is 0.429. The molecule has 0 saturated carbocycles. The van der Waals surface area contributed by atoms with Gasteiger partial charge in [-0.1, -0.05) is 0 Å². The van der Waals surface area contributed by atoms with Crippen LogP contribution < -0.4 is 4.74 Å². The van der Waals surface area contributed by atoms with Gasteiger partial charge in [-0.3, -0.25) is 4.68 Å². The normalized spacial score (nSPS) is 12.7. The lowest BCUT2D eigenvalue weighted by atomic mass is 10.1. The molecule has 114 valence electrons. The highest BCUT2D eigenvalue weighted by Gasteiger charge is 2.21. The summed E-state index contributed by atoms with van der Waals surface area (Å²) in [6.07, 6.45) is -1.05. The zero-order chi connectivity index (χ0) is 15.4. The van der Waals surface area contributed by atoms with Gasteiger partial charge >= 0.3 is 0 Å². The molecular formula is C14H16ClF2N3O. The van der Waals surface area contributed by atoms with E-state index in [1.807, 2.05) is 13.8 Å². The fourth-order valence-electron chi connectivity index (χ4n) is 1.96. The van der Waals surface area contributed by atoms with Crippen LogP contribution in [0.2, 0.25) is 0 Å². The molecule has 7 heteroatoms. The smallest absolute Gasteiger partial charge is 0.282 e. The molecule has 0 aliphatic carbocycles. The van der Waals surface area contributed by atoms with Crippen molar-refractivity contribution < 1.29 is 13.5 Å². The van der Waals surface area contributed by atoms with Gasteiger partial charge in [0.1, 0.15) is 5.69 Å². The average molecular weight is 316 g/mol. The summed E-state index contributed by atoms with van der Waals surface area (Å²) in [4.78, 5) is 4.14. The third-order valence-electron chi connectivity index (χ3n) is 2.95. The van der Waals surface area contributed by atoms with Crippen LogP contribution in [0.1, 0.15) is 32.0 Å². The van der Waals surface area contributed by atoms with Crippen LogP contribution in [0.5, 0.6) is 5.88 Å². The molecule has 0 spiro atoms. The molecule has 1 atom stereocenters. The van der Waals surface area contributed by atoms with Crippen molar-refractivity contribution in [1.82, 2.24) is 14.8 Å². The second-order valence-corrected chi connectivity index (χ2v) is 4.80. The van der Waals surface area contributed by atoms with Gasteiger partial charge in [0.2, 0.25) is 5.88 Å². The van der Waals surface area contributed by atoms with E-state index in [0.29, 0.717) is 23.7 Å². The van der Waals surface area contributed by atoms with Gasteiger partial charge in [-0.05, 0) is 32.0 Å². The van der Waals surface area contributed by atoms with E-state index in [2.05, 4.69) is 10.1 Å². The highest BCUT2D eigenvalue weighted by atomic mass is 35.5. The molecule has 0 radical (unpaired) electrons. The van der Waals surface area contributed by atoms with Crippen LogP contribution in [0.3, 0.4) is 0 Å². The maximum atomic E-state index is 12.9. The molecule has 2 aromatic heterocycles. The third-order valence-corrected chi connectivity index (χ3v) is 3.39. The van der Waals surface area contributed by atoms with Crippen molar-refractivity contribution in [3.05, 3.63) is 30.1 Å². The summed E-state index contributed by atoms with van der Waals surface area (Å²) in [7, 11) is 0. The molecule has 2 aromatic rings. The van der Waals surface area contributed by atoms with E-state index in [1.54, 1.807) is 18.3 Å². The zero-order valence-electron chi connectivity index (χ0n) is 11.8. The molecule has 1 unspecified atom stereocenters. The highest BCUT2D eigenvalue weighted by molar-refractivity contribution is 6.18. The van der Waals surface area contributed by atoms with Crippen molar-refractivity contribution in [2.45, 2.75) is 26.3 Å². The molecule has 0 bridgehead atoms. The number of nitrogens with zero attached hydrogens (tertiary/aromatic N) is 3. The van der Waals surface area contributed by atoms with Crippen molar-refractivity contribution in [1.29, 1.82) is 0 Å². The van der Waals surface area contributed by atoms with E-state index in [9.17, 15) is 8.78 Å². The van der Waals surface area contributed by atoms with Gasteiger partial charge in [-0.15, -0.1) is 11.6 Å². The average Bonchev–Trinajstić information content (AvgIpc) is 2.92. The summed E-state index contributed by atoms with van der Waals surface area (Å²) in [5.74, 6) is 0.658. The number of ether oxygens (including phenoxy) is 1. The lowest BCUT2D eigenvalue weighted by Gasteiger charge is -2.14. The molecule has 0 saturated heterocycles. The lowest BCUT2D eigenvalue weighted by Crippen LogP contribution is -2.11. The number of hydrogen-bond donors (Lipinski definition) is 0. The Hall–Kier alpha value is -1.69. The first-order valence-corrected chi connectivity index (χ1v) is 7.13. The van der Waals surface area contributed by atoms with Crippen molar-refractivity contribution in [2.75, 3.05) is 12.5 Å². The van der Waals surface area contributed by atoms with Gasteiger partial charge in [0.05, 0.1) is 23.9 Å². The summed E-state index contributed by atoms with van der Waals surface area (Å²) >= 11 is 5.84. The van der Waals surface area contributed by atoms with Gasteiger partial charge in [-0.25, -0.2) is 13.8 Å². The molecule has 21 heavy (non-hydrogen) atoms. The maximum Gasteiger partial charge on any atom is 0.282 e. The fourth-order valence-corrected chi connectivity index (χ4v) is 2.09. The summed E-state index contributed by atoms with van der Waals surface area (Å²) in [6.45, 7) is 4.09. The van der Waals surface area contributed by atoms with Gasteiger partial charge in [0, 0.05) is 12.1 Å². The standard InChI is InChI=1S/C14H16ClF2N3O/c1-3-21-14-10(5-4-6-18-14)12-7-11(13(16)17)19-20(12)9(2)8-15/h4-7,9,13H,3,8H2,1-2H3. The molecule has 0 aliphatic rings. The lowest BCUT2D eigenvalue weighted by molar-refractivity contribution is 0.144. The Morgan fingerprint density at radius 2 is 2.19 bits per heavy atom. The minimum absolute atomic E-state index is 0.219. The Morgan fingerprint density at radius 3 is 2.81 bits per heavy atom. The third kappa shape index (κ3) is 3.32. The highest BCUT2D eigenvalue weighted by Crippen LogP contribution is 2.32. The minimum Gasteiger partial charge on any atom is -0.477 e. The number of alkyl halides is 3. The van der Waals surface area contributed by atoms with Gasteiger partial charge in [0.25, 0.3) is 6.43 Å². The van der Waals surface area contributed by atoms with Gasteiger partial charge < -0.3 is 4.74 Å². The molecular weight excluding hydrogens is 300 g/mol.